The highest BCUT2D eigenvalue weighted by Gasteiger charge is 2.26. The van der Waals surface area contributed by atoms with Gasteiger partial charge in [-0.25, -0.2) is 18.2 Å². The Morgan fingerprint density at radius 1 is 0.930 bits per heavy atom. The summed E-state index contributed by atoms with van der Waals surface area (Å²) in [7, 11) is -2.71. The van der Waals surface area contributed by atoms with Crippen molar-refractivity contribution in [2.45, 2.75) is 17.2 Å². The van der Waals surface area contributed by atoms with Crippen molar-refractivity contribution in [3.05, 3.63) is 121 Å². The van der Waals surface area contributed by atoms with Crippen LogP contribution in [0, 0.1) is 6.92 Å². The van der Waals surface area contributed by atoms with Crippen molar-refractivity contribution in [1.29, 1.82) is 0 Å². The number of methoxy groups -OCH3 is 1. The maximum absolute atomic E-state index is 13.7. The number of hydrogen-bond donors (Lipinski definition) is 2. The molecule has 1 amide bonds. The van der Waals surface area contributed by atoms with Crippen LogP contribution in [0.2, 0.25) is 0 Å². The summed E-state index contributed by atoms with van der Waals surface area (Å²) in [6.07, 6.45) is 4.57. The van der Waals surface area contributed by atoms with Crippen LogP contribution in [0.25, 0.3) is 22.3 Å². The summed E-state index contributed by atoms with van der Waals surface area (Å²) < 4.78 is 32.0. The van der Waals surface area contributed by atoms with Crippen LogP contribution in [-0.2, 0) is 14.6 Å². The number of sulfone groups is 1. The van der Waals surface area contributed by atoms with Gasteiger partial charge in [-0.3, -0.25) is 14.8 Å². The Morgan fingerprint density at radius 2 is 1.60 bits per heavy atom. The molecular formula is C32H27N5O5S. The molecular weight excluding hydrogens is 566 g/mol. The summed E-state index contributed by atoms with van der Waals surface area (Å²) in [5.74, 6) is -0.660. The molecule has 216 valence electrons. The second-order valence-electron chi connectivity index (χ2n) is 9.49. The van der Waals surface area contributed by atoms with Crippen LogP contribution < -0.4 is 10.6 Å². The number of hydrogen-bond acceptors (Lipinski definition) is 9. The number of nitrogens with zero attached hydrogens (tertiary/aromatic N) is 3. The quantitative estimate of drug-likeness (QED) is 0.169. The molecule has 5 rings (SSSR count). The highest BCUT2D eigenvalue weighted by molar-refractivity contribution is 7.92. The lowest BCUT2D eigenvalue weighted by atomic mass is 10.1. The lowest BCUT2D eigenvalue weighted by Crippen LogP contribution is -2.28. The average molecular weight is 594 g/mol. The smallest absolute Gasteiger partial charge is 0.337 e. The van der Waals surface area contributed by atoms with E-state index in [1.54, 1.807) is 18.5 Å². The Hall–Kier alpha value is -5.42. The Morgan fingerprint density at radius 3 is 2.28 bits per heavy atom. The zero-order valence-electron chi connectivity index (χ0n) is 23.3. The van der Waals surface area contributed by atoms with Crippen molar-refractivity contribution < 1.29 is 22.7 Å². The fraction of sp³-hybridized carbons (Fsp3) is 0.0938. The monoisotopic (exact) mass is 593 g/mol. The minimum Gasteiger partial charge on any atom is -0.465 e. The molecule has 0 aliphatic heterocycles. The van der Waals surface area contributed by atoms with Crippen LogP contribution in [0.15, 0.2) is 109 Å². The molecule has 10 nitrogen and oxygen atoms in total. The number of rotatable bonds is 9. The van der Waals surface area contributed by atoms with Gasteiger partial charge in [0, 0.05) is 29.0 Å². The molecule has 3 aromatic heterocycles. The first-order valence-corrected chi connectivity index (χ1v) is 14.7. The van der Waals surface area contributed by atoms with E-state index >= 15 is 0 Å². The van der Waals surface area contributed by atoms with Gasteiger partial charge in [0.05, 0.1) is 29.0 Å². The molecule has 5 aromatic rings. The maximum Gasteiger partial charge on any atom is 0.337 e. The molecule has 43 heavy (non-hydrogen) atoms. The van der Waals surface area contributed by atoms with E-state index in [2.05, 4.69) is 31.9 Å². The summed E-state index contributed by atoms with van der Waals surface area (Å²) in [6, 6.07) is 21.0. The number of aryl methyl sites for hydroxylation is 1. The van der Waals surface area contributed by atoms with Gasteiger partial charge in [0.1, 0.15) is 5.52 Å². The summed E-state index contributed by atoms with van der Waals surface area (Å²) >= 11 is 0. The van der Waals surface area contributed by atoms with Crippen LogP contribution in [0.1, 0.15) is 26.3 Å². The van der Waals surface area contributed by atoms with Crippen LogP contribution in [-0.4, -0.2) is 47.7 Å². The first-order valence-electron chi connectivity index (χ1n) is 13.1. The molecule has 0 saturated carbocycles. The van der Waals surface area contributed by atoms with Crippen molar-refractivity contribution >= 4 is 44.1 Å². The minimum absolute atomic E-state index is 0.0133. The largest absolute Gasteiger partial charge is 0.465 e. The summed E-state index contributed by atoms with van der Waals surface area (Å²) in [5.41, 5.74) is 3.68. The van der Waals surface area contributed by atoms with Crippen molar-refractivity contribution in [2.24, 2.45) is 0 Å². The first kappa shape index (κ1) is 29.1. The zero-order chi connectivity index (χ0) is 30.6. The Kier molecular flexibility index (Phi) is 8.26. The summed E-state index contributed by atoms with van der Waals surface area (Å²) in [6.45, 7) is 5.67. The number of carbonyl (C=O) groups is 2. The molecule has 2 N–H and O–H groups in total. The van der Waals surface area contributed by atoms with Crippen molar-refractivity contribution in [3.63, 3.8) is 0 Å². The third-order valence-corrected chi connectivity index (χ3v) is 8.58. The van der Waals surface area contributed by atoms with Crippen molar-refractivity contribution in [3.8, 4) is 11.4 Å². The second kappa shape index (κ2) is 12.2. The minimum atomic E-state index is -3.99. The molecule has 0 radical (unpaired) electrons. The van der Waals surface area contributed by atoms with Gasteiger partial charge in [0.25, 0.3) is 5.91 Å². The van der Waals surface area contributed by atoms with E-state index in [1.807, 2.05) is 31.2 Å². The molecule has 11 heteroatoms. The topological polar surface area (TPSA) is 140 Å². The molecule has 3 heterocycles. The van der Waals surface area contributed by atoms with Crippen molar-refractivity contribution in [2.75, 3.05) is 17.7 Å². The SMILES string of the molecule is C=CC(Nc1nc(-c2ncccc2C)cc2cccnc12)S(=O)(=O)c1ccc(NC(=O)c2ccc(C(=O)OC)cc2)cc1. The maximum atomic E-state index is 13.7. The van der Waals surface area contributed by atoms with Gasteiger partial charge in [-0.1, -0.05) is 24.8 Å². The summed E-state index contributed by atoms with van der Waals surface area (Å²) in [5, 5.41) is 5.26. The highest BCUT2D eigenvalue weighted by atomic mass is 32.2. The molecule has 1 atom stereocenters. The molecule has 2 aromatic carbocycles. The number of fused-ring (bicyclic) bond motifs is 1. The van der Waals surface area contributed by atoms with Gasteiger partial charge in [0.2, 0.25) is 9.84 Å². The lowest BCUT2D eigenvalue weighted by Gasteiger charge is -2.18. The predicted molar refractivity (Wildman–Crippen MR) is 164 cm³/mol. The number of amides is 1. The summed E-state index contributed by atoms with van der Waals surface area (Å²) in [4.78, 5) is 37.9. The third kappa shape index (κ3) is 6.11. The molecule has 1 unspecified atom stereocenters. The lowest BCUT2D eigenvalue weighted by molar-refractivity contribution is 0.0600. The Balaban J connectivity index is 1.38. The standard InChI is InChI=1S/C32H27N5O5S/c1-4-27(37-30-29-23(8-6-18-34-29)19-26(36-30)28-20(2)7-5-17-33-28)43(40,41)25-15-13-24(14-16-25)35-31(38)21-9-11-22(12-10-21)32(39)42-3/h4-19,27H,1H2,2-3H3,(H,35,38)(H,36,37). The number of esters is 1. The van der Waals surface area contributed by atoms with Crippen LogP contribution in [0.5, 0.6) is 0 Å². The zero-order valence-corrected chi connectivity index (χ0v) is 24.1. The molecule has 0 spiro atoms. The fourth-order valence-electron chi connectivity index (χ4n) is 4.41. The van der Waals surface area contributed by atoms with E-state index in [-0.39, 0.29) is 10.7 Å². The van der Waals surface area contributed by atoms with E-state index in [0.717, 1.165) is 10.9 Å². The number of ether oxygens (including phenoxy) is 1. The predicted octanol–water partition coefficient (Wildman–Crippen LogP) is 5.44. The van der Waals surface area contributed by atoms with Gasteiger partial charge in [-0.15, -0.1) is 0 Å². The number of aromatic nitrogens is 3. The van der Waals surface area contributed by atoms with E-state index in [1.165, 1.54) is 61.7 Å². The molecule has 0 aliphatic rings. The van der Waals surface area contributed by atoms with E-state index in [4.69, 9.17) is 4.98 Å². The number of carbonyl (C=O) groups excluding carboxylic acids is 2. The number of benzene rings is 2. The Bertz CT molecular complexity index is 1940. The van der Waals surface area contributed by atoms with Gasteiger partial charge in [-0.05, 0) is 79.2 Å². The van der Waals surface area contributed by atoms with Crippen LogP contribution in [0.3, 0.4) is 0 Å². The van der Waals surface area contributed by atoms with Gasteiger partial charge in [0.15, 0.2) is 11.2 Å². The second-order valence-corrected chi connectivity index (χ2v) is 11.6. The average Bonchev–Trinajstić information content (AvgIpc) is 3.03. The number of nitrogens with one attached hydrogen (secondary N) is 2. The fourth-order valence-corrected chi connectivity index (χ4v) is 5.74. The molecule has 0 saturated heterocycles. The van der Waals surface area contributed by atoms with Gasteiger partial charge < -0.3 is 15.4 Å². The highest BCUT2D eigenvalue weighted by Crippen LogP contribution is 2.29. The van der Waals surface area contributed by atoms with Gasteiger partial charge in [-0.2, -0.15) is 0 Å². The van der Waals surface area contributed by atoms with E-state index in [0.29, 0.717) is 33.7 Å². The molecule has 0 bridgehead atoms. The first-order chi connectivity index (χ1) is 20.7. The van der Waals surface area contributed by atoms with Crippen LogP contribution in [0.4, 0.5) is 11.5 Å². The van der Waals surface area contributed by atoms with Crippen molar-refractivity contribution in [1.82, 2.24) is 15.0 Å². The molecule has 0 aliphatic carbocycles. The number of pyridine rings is 3. The Labute approximate surface area is 248 Å². The number of anilines is 2. The van der Waals surface area contributed by atoms with E-state index < -0.39 is 27.1 Å². The van der Waals surface area contributed by atoms with Gasteiger partial charge >= 0.3 is 5.97 Å². The third-order valence-electron chi connectivity index (χ3n) is 6.68. The molecule has 0 fully saturated rings. The van der Waals surface area contributed by atoms with Crippen LogP contribution >= 0.6 is 0 Å². The van der Waals surface area contributed by atoms with E-state index in [9.17, 15) is 18.0 Å². The normalized spacial score (nSPS) is 11.9.